The Morgan fingerprint density at radius 2 is 1.93 bits per heavy atom. The molecule has 5 nitrogen and oxygen atoms in total. The van der Waals surface area contributed by atoms with Gasteiger partial charge in [0, 0.05) is 56.2 Å². The van der Waals surface area contributed by atoms with E-state index in [9.17, 15) is 9.18 Å². The molecule has 1 aliphatic heterocycles. The van der Waals surface area contributed by atoms with Crippen molar-refractivity contribution >= 4 is 23.6 Å². The summed E-state index contributed by atoms with van der Waals surface area (Å²) >= 11 is 1.48. The van der Waals surface area contributed by atoms with Gasteiger partial charge in [-0.15, -0.1) is 11.8 Å². The van der Waals surface area contributed by atoms with Crippen molar-refractivity contribution in [1.82, 2.24) is 15.5 Å². The molecule has 2 N–H and O–H groups in total. The van der Waals surface area contributed by atoms with Crippen LogP contribution in [0.5, 0.6) is 0 Å². The van der Waals surface area contributed by atoms with Gasteiger partial charge in [0.2, 0.25) is 5.91 Å². The molecule has 0 saturated carbocycles. The number of amides is 1. The van der Waals surface area contributed by atoms with Crippen molar-refractivity contribution in [1.29, 1.82) is 0 Å². The van der Waals surface area contributed by atoms with Crippen LogP contribution in [0.4, 0.5) is 4.39 Å². The molecule has 2 aromatic carbocycles. The number of rotatable bonds is 9. The van der Waals surface area contributed by atoms with Gasteiger partial charge in [0.25, 0.3) is 0 Å². The number of nitrogens with one attached hydrogen (secondary N) is 2. The van der Waals surface area contributed by atoms with E-state index in [4.69, 9.17) is 0 Å². The molecule has 0 spiro atoms. The van der Waals surface area contributed by atoms with Crippen LogP contribution < -0.4 is 10.6 Å². The number of carbonyl (C=O) groups excluding carboxylic acids is 1. The van der Waals surface area contributed by atoms with E-state index < -0.39 is 0 Å². The lowest BCUT2D eigenvalue weighted by atomic mass is 10.1. The first-order valence-electron chi connectivity index (χ1n) is 10.3. The monoisotopic (exact) mass is 428 g/mol. The standard InChI is InChI=1S/C23H29FN4OS/c1-25-23(26-12-14-30-21-10-6-5-9-20(21)24)27-16-19-15-22(29)28(17-19)13-11-18-7-3-2-4-8-18/h2-10,19H,11-17H2,1H3,(H2,25,26,27). The molecule has 0 bridgehead atoms. The quantitative estimate of drug-likeness (QED) is 0.279. The summed E-state index contributed by atoms with van der Waals surface area (Å²) in [6, 6.07) is 17.1. The lowest BCUT2D eigenvalue weighted by Gasteiger charge is -2.18. The highest BCUT2D eigenvalue weighted by molar-refractivity contribution is 7.99. The topological polar surface area (TPSA) is 56.7 Å². The normalized spacial score (nSPS) is 16.7. The second-order valence-electron chi connectivity index (χ2n) is 7.30. The fraction of sp³-hybridized carbons (Fsp3) is 0.391. The van der Waals surface area contributed by atoms with Crippen molar-refractivity contribution in [3.05, 3.63) is 66.0 Å². The van der Waals surface area contributed by atoms with Crippen molar-refractivity contribution in [2.45, 2.75) is 17.7 Å². The first-order valence-corrected chi connectivity index (χ1v) is 11.3. The third-order valence-electron chi connectivity index (χ3n) is 5.08. The molecule has 1 fully saturated rings. The predicted molar refractivity (Wildman–Crippen MR) is 121 cm³/mol. The number of likely N-dealkylation sites (tertiary alicyclic amines) is 1. The van der Waals surface area contributed by atoms with Crippen LogP contribution in [0.25, 0.3) is 0 Å². The van der Waals surface area contributed by atoms with Crippen LogP contribution in [0.1, 0.15) is 12.0 Å². The molecule has 7 heteroatoms. The third-order valence-corrected chi connectivity index (χ3v) is 6.13. The van der Waals surface area contributed by atoms with Gasteiger partial charge < -0.3 is 15.5 Å². The summed E-state index contributed by atoms with van der Waals surface area (Å²) in [7, 11) is 1.73. The number of hydrogen-bond donors (Lipinski definition) is 2. The zero-order valence-electron chi connectivity index (χ0n) is 17.3. The Hall–Kier alpha value is -2.54. The van der Waals surface area contributed by atoms with Crippen LogP contribution >= 0.6 is 11.8 Å². The molecule has 1 saturated heterocycles. The number of thioether (sulfide) groups is 1. The van der Waals surface area contributed by atoms with Gasteiger partial charge in [0.15, 0.2) is 5.96 Å². The van der Waals surface area contributed by atoms with E-state index in [1.54, 1.807) is 19.2 Å². The van der Waals surface area contributed by atoms with E-state index in [0.717, 1.165) is 25.3 Å². The smallest absolute Gasteiger partial charge is 0.223 e. The Bertz CT molecular complexity index is 846. The summed E-state index contributed by atoms with van der Waals surface area (Å²) in [6.45, 7) is 2.91. The molecule has 0 radical (unpaired) electrons. The highest BCUT2D eigenvalue weighted by Crippen LogP contribution is 2.20. The zero-order chi connectivity index (χ0) is 21.2. The number of halogens is 1. The molecule has 1 heterocycles. The molecule has 160 valence electrons. The van der Waals surface area contributed by atoms with Crippen molar-refractivity contribution < 1.29 is 9.18 Å². The van der Waals surface area contributed by atoms with Gasteiger partial charge in [-0.3, -0.25) is 9.79 Å². The summed E-state index contributed by atoms with van der Waals surface area (Å²) in [5, 5.41) is 6.56. The van der Waals surface area contributed by atoms with Crippen molar-refractivity contribution in [3.63, 3.8) is 0 Å². The molecule has 30 heavy (non-hydrogen) atoms. The minimum atomic E-state index is -0.187. The molecule has 1 amide bonds. The first kappa shape index (κ1) is 22.2. The number of nitrogens with zero attached hydrogens (tertiary/aromatic N) is 2. The summed E-state index contributed by atoms with van der Waals surface area (Å²) in [5.41, 5.74) is 1.25. The average molecular weight is 429 g/mol. The van der Waals surface area contributed by atoms with Gasteiger partial charge in [0.05, 0.1) is 0 Å². The van der Waals surface area contributed by atoms with Gasteiger partial charge in [-0.2, -0.15) is 0 Å². The van der Waals surface area contributed by atoms with Gasteiger partial charge in [-0.1, -0.05) is 42.5 Å². The van der Waals surface area contributed by atoms with Crippen LogP contribution in [0.2, 0.25) is 0 Å². The molecule has 1 atom stereocenters. The number of carbonyl (C=O) groups is 1. The van der Waals surface area contributed by atoms with Crippen molar-refractivity contribution in [2.24, 2.45) is 10.9 Å². The first-order chi connectivity index (χ1) is 14.7. The van der Waals surface area contributed by atoms with Gasteiger partial charge >= 0.3 is 0 Å². The summed E-state index contributed by atoms with van der Waals surface area (Å²) in [5.74, 6) is 1.75. The van der Waals surface area contributed by atoms with Crippen LogP contribution in [-0.2, 0) is 11.2 Å². The largest absolute Gasteiger partial charge is 0.356 e. The van der Waals surface area contributed by atoms with Gasteiger partial charge in [-0.25, -0.2) is 4.39 Å². The molecule has 0 aliphatic carbocycles. The lowest BCUT2D eigenvalue weighted by Crippen LogP contribution is -2.41. The maximum Gasteiger partial charge on any atom is 0.223 e. The SMILES string of the molecule is CN=C(NCCSc1ccccc1F)NCC1CC(=O)N(CCc2ccccc2)C1. The second kappa shape index (κ2) is 11.6. The summed E-state index contributed by atoms with van der Waals surface area (Å²) in [4.78, 5) is 19.2. The van der Waals surface area contributed by atoms with E-state index in [2.05, 4.69) is 27.8 Å². The molecule has 1 unspecified atom stereocenters. The zero-order valence-corrected chi connectivity index (χ0v) is 18.1. The molecule has 1 aliphatic rings. The van der Waals surface area contributed by atoms with Crippen LogP contribution in [0.3, 0.4) is 0 Å². The highest BCUT2D eigenvalue weighted by atomic mass is 32.2. The molecular formula is C23H29FN4OS. The summed E-state index contributed by atoms with van der Waals surface area (Å²) in [6.07, 6.45) is 1.46. The molecule has 3 rings (SSSR count). The minimum absolute atomic E-state index is 0.187. The Balaban J connectivity index is 1.34. The van der Waals surface area contributed by atoms with E-state index in [0.29, 0.717) is 30.4 Å². The van der Waals surface area contributed by atoms with Gasteiger partial charge in [-0.05, 0) is 24.1 Å². The minimum Gasteiger partial charge on any atom is -0.356 e. The van der Waals surface area contributed by atoms with E-state index in [1.165, 1.54) is 23.4 Å². The summed E-state index contributed by atoms with van der Waals surface area (Å²) < 4.78 is 13.6. The Morgan fingerprint density at radius 3 is 2.70 bits per heavy atom. The van der Waals surface area contributed by atoms with Crippen molar-refractivity contribution in [3.8, 4) is 0 Å². The third kappa shape index (κ3) is 6.76. The molecule has 2 aromatic rings. The van der Waals surface area contributed by atoms with Gasteiger partial charge in [0.1, 0.15) is 5.82 Å². The Labute approximate surface area is 182 Å². The second-order valence-corrected chi connectivity index (χ2v) is 8.44. The number of guanidine groups is 1. The Morgan fingerprint density at radius 1 is 1.17 bits per heavy atom. The number of benzene rings is 2. The molecule has 0 aromatic heterocycles. The average Bonchev–Trinajstić information content (AvgIpc) is 3.13. The van der Waals surface area contributed by atoms with E-state index in [-0.39, 0.29) is 17.6 Å². The Kier molecular flexibility index (Phi) is 8.56. The maximum atomic E-state index is 13.6. The number of aliphatic imine (C=N–C) groups is 1. The van der Waals surface area contributed by atoms with E-state index >= 15 is 0 Å². The fourth-order valence-electron chi connectivity index (χ4n) is 3.47. The van der Waals surface area contributed by atoms with Crippen molar-refractivity contribution in [2.75, 3.05) is 39.0 Å². The van der Waals surface area contributed by atoms with E-state index in [1.807, 2.05) is 29.2 Å². The van der Waals surface area contributed by atoms with Crippen LogP contribution in [-0.4, -0.2) is 55.7 Å². The fourth-order valence-corrected chi connectivity index (χ4v) is 4.27. The predicted octanol–water partition coefficient (Wildman–Crippen LogP) is 3.17. The number of hydrogen-bond acceptors (Lipinski definition) is 3. The van der Waals surface area contributed by atoms with Crippen LogP contribution in [0, 0.1) is 11.7 Å². The molecular weight excluding hydrogens is 399 g/mol. The maximum absolute atomic E-state index is 13.6. The lowest BCUT2D eigenvalue weighted by molar-refractivity contribution is -0.127. The highest BCUT2D eigenvalue weighted by Gasteiger charge is 2.29. The van der Waals surface area contributed by atoms with Crippen LogP contribution in [0.15, 0.2) is 64.5 Å².